The van der Waals surface area contributed by atoms with Crippen molar-refractivity contribution in [3.05, 3.63) is 0 Å². The number of hydrogen-bond acceptors (Lipinski definition) is 4. The largest absolute Gasteiger partial charge is 0.444 e. The minimum Gasteiger partial charge on any atom is -0.444 e. The van der Waals surface area contributed by atoms with E-state index in [9.17, 15) is 9.90 Å². The summed E-state index contributed by atoms with van der Waals surface area (Å²) < 4.78 is 10.7. The molecule has 0 aliphatic carbocycles. The average Bonchev–Trinajstić information content (AvgIpc) is 2.58. The number of rotatable bonds is 1. The third kappa shape index (κ3) is 2.47. The Hall–Kier alpha value is -0.810. The summed E-state index contributed by atoms with van der Waals surface area (Å²) in [6, 6.07) is -0.0248. The zero-order valence-corrected chi connectivity index (χ0v) is 9.90. The number of alkyl carbamates (subject to hydrolysis) is 1. The summed E-state index contributed by atoms with van der Waals surface area (Å²) in [6.07, 6.45) is 0.304. The van der Waals surface area contributed by atoms with Crippen LogP contribution in [0, 0.1) is 0 Å². The van der Waals surface area contributed by atoms with Crippen LogP contribution in [0.2, 0.25) is 0 Å². The lowest BCUT2D eigenvalue weighted by Gasteiger charge is -2.25. The SMILES string of the molecule is CC(C)(C)OC(=O)N[C@H]1C[C@H]2O[C@@H]1C[C@@H]2O. The Balaban J connectivity index is 1.82. The van der Waals surface area contributed by atoms with Gasteiger partial charge in [-0.3, -0.25) is 0 Å². The van der Waals surface area contributed by atoms with Gasteiger partial charge in [-0.05, 0) is 27.2 Å². The second-order valence-electron chi connectivity index (χ2n) is 5.50. The van der Waals surface area contributed by atoms with E-state index in [4.69, 9.17) is 9.47 Å². The fraction of sp³-hybridized carbons (Fsp3) is 0.909. The summed E-state index contributed by atoms with van der Waals surface area (Å²) in [5.74, 6) is 0. The minimum atomic E-state index is -0.484. The topological polar surface area (TPSA) is 67.8 Å². The zero-order chi connectivity index (χ0) is 11.9. The molecule has 0 aromatic carbocycles. The van der Waals surface area contributed by atoms with E-state index in [-0.39, 0.29) is 24.4 Å². The maximum Gasteiger partial charge on any atom is 0.407 e. The van der Waals surface area contributed by atoms with Crippen molar-refractivity contribution in [3.8, 4) is 0 Å². The summed E-state index contributed by atoms with van der Waals surface area (Å²) in [4.78, 5) is 11.5. The highest BCUT2D eigenvalue weighted by molar-refractivity contribution is 5.68. The first kappa shape index (κ1) is 11.7. The normalized spacial score (nSPS) is 37.5. The third-order valence-corrected chi connectivity index (χ3v) is 2.89. The van der Waals surface area contributed by atoms with Crippen LogP contribution >= 0.6 is 0 Å². The van der Waals surface area contributed by atoms with Crippen LogP contribution < -0.4 is 5.32 Å². The first-order valence-corrected chi connectivity index (χ1v) is 5.68. The van der Waals surface area contributed by atoms with Gasteiger partial charge in [-0.2, -0.15) is 0 Å². The molecule has 0 aromatic heterocycles. The molecule has 0 aromatic rings. The molecule has 92 valence electrons. The molecule has 2 rings (SSSR count). The highest BCUT2D eigenvalue weighted by Gasteiger charge is 2.47. The Morgan fingerprint density at radius 3 is 2.50 bits per heavy atom. The molecule has 2 fully saturated rings. The predicted molar refractivity (Wildman–Crippen MR) is 57.1 cm³/mol. The molecule has 0 spiro atoms. The highest BCUT2D eigenvalue weighted by Crippen LogP contribution is 2.34. The fourth-order valence-electron chi connectivity index (χ4n) is 2.25. The Kier molecular flexibility index (Phi) is 2.84. The van der Waals surface area contributed by atoms with Crippen molar-refractivity contribution < 1.29 is 19.4 Å². The van der Waals surface area contributed by atoms with Gasteiger partial charge >= 0.3 is 6.09 Å². The van der Waals surface area contributed by atoms with Gasteiger partial charge in [-0.15, -0.1) is 0 Å². The van der Waals surface area contributed by atoms with Crippen molar-refractivity contribution in [1.29, 1.82) is 0 Å². The lowest BCUT2D eigenvalue weighted by molar-refractivity contribution is 0.0454. The van der Waals surface area contributed by atoms with Crippen molar-refractivity contribution in [3.63, 3.8) is 0 Å². The van der Waals surface area contributed by atoms with Crippen LogP contribution in [0.3, 0.4) is 0 Å². The smallest absolute Gasteiger partial charge is 0.407 e. The van der Waals surface area contributed by atoms with Gasteiger partial charge in [0.2, 0.25) is 0 Å². The van der Waals surface area contributed by atoms with Crippen LogP contribution in [0.4, 0.5) is 4.79 Å². The van der Waals surface area contributed by atoms with Crippen molar-refractivity contribution in [2.45, 2.75) is 63.6 Å². The number of fused-ring (bicyclic) bond motifs is 2. The molecule has 2 aliphatic heterocycles. The van der Waals surface area contributed by atoms with Crippen molar-refractivity contribution in [2.24, 2.45) is 0 Å². The van der Waals surface area contributed by atoms with E-state index in [0.717, 1.165) is 0 Å². The minimum absolute atomic E-state index is 0.0248. The number of amides is 1. The lowest BCUT2D eigenvalue weighted by Crippen LogP contribution is -2.45. The van der Waals surface area contributed by atoms with Crippen molar-refractivity contribution in [1.82, 2.24) is 5.32 Å². The second kappa shape index (κ2) is 3.89. The van der Waals surface area contributed by atoms with Gasteiger partial charge in [0.05, 0.1) is 24.4 Å². The first-order valence-electron chi connectivity index (χ1n) is 5.68. The van der Waals surface area contributed by atoms with Gasteiger partial charge in [0, 0.05) is 6.42 Å². The maximum atomic E-state index is 11.5. The highest BCUT2D eigenvalue weighted by atomic mass is 16.6. The molecule has 4 atom stereocenters. The zero-order valence-electron chi connectivity index (χ0n) is 9.90. The Labute approximate surface area is 95.1 Å². The first-order chi connectivity index (χ1) is 7.35. The monoisotopic (exact) mass is 229 g/mol. The molecule has 0 unspecified atom stereocenters. The summed E-state index contributed by atoms with van der Waals surface area (Å²) in [7, 11) is 0. The standard InChI is InChI=1S/C11H19NO4/c1-11(2,3)16-10(14)12-6-4-9-7(13)5-8(6)15-9/h6-9,13H,4-5H2,1-3H3,(H,12,14)/t6-,7-,8+,9+/m0/s1. The van der Waals surface area contributed by atoms with Gasteiger partial charge in [0.25, 0.3) is 0 Å². The Bertz CT molecular complexity index is 284. The molecular weight excluding hydrogens is 210 g/mol. The van der Waals surface area contributed by atoms with E-state index in [1.54, 1.807) is 0 Å². The van der Waals surface area contributed by atoms with Crippen molar-refractivity contribution >= 4 is 6.09 Å². The van der Waals surface area contributed by atoms with Crippen molar-refractivity contribution in [2.75, 3.05) is 0 Å². The number of carbonyl (C=O) groups excluding carboxylic acids is 1. The van der Waals surface area contributed by atoms with Crippen LogP contribution in [0.15, 0.2) is 0 Å². The molecule has 2 bridgehead atoms. The molecule has 16 heavy (non-hydrogen) atoms. The van der Waals surface area contributed by atoms with Gasteiger partial charge in [0.15, 0.2) is 0 Å². The van der Waals surface area contributed by atoms with E-state index in [2.05, 4.69) is 5.32 Å². The number of ether oxygens (including phenoxy) is 2. The Morgan fingerprint density at radius 2 is 2.06 bits per heavy atom. The van der Waals surface area contributed by atoms with E-state index >= 15 is 0 Å². The van der Waals surface area contributed by atoms with E-state index < -0.39 is 11.7 Å². The lowest BCUT2D eigenvalue weighted by atomic mass is 9.93. The number of carbonyl (C=O) groups is 1. The fourth-order valence-corrected chi connectivity index (χ4v) is 2.25. The molecule has 2 N–H and O–H groups in total. The van der Waals surface area contributed by atoms with E-state index in [1.807, 2.05) is 20.8 Å². The molecule has 0 saturated carbocycles. The molecule has 0 radical (unpaired) electrons. The summed E-state index contributed by atoms with van der Waals surface area (Å²) in [5.41, 5.74) is -0.484. The predicted octanol–water partition coefficient (Wildman–Crippen LogP) is 0.802. The Morgan fingerprint density at radius 1 is 1.38 bits per heavy atom. The maximum absolute atomic E-state index is 11.5. The molecule has 1 amide bonds. The van der Waals surface area contributed by atoms with Gasteiger partial charge < -0.3 is 19.9 Å². The summed E-state index contributed by atoms with van der Waals surface area (Å²) in [6.45, 7) is 5.48. The van der Waals surface area contributed by atoms with Gasteiger partial charge in [-0.25, -0.2) is 4.79 Å². The van der Waals surface area contributed by atoms with E-state index in [0.29, 0.717) is 12.8 Å². The number of aliphatic hydroxyl groups excluding tert-OH is 1. The van der Waals surface area contributed by atoms with Crippen LogP contribution in [0.5, 0.6) is 0 Å². The summed E-state index contributed by atoms with van der Waals surface area (Å²) in [5, 5.41) is 12.3. The summed E-state index contributed by atoms with van der Waals surface area (Å²) >= 11 is 0. The van der Waals surface area contributed by atoms with Crippen LogP contribution in [-0.2, 0) is 9.47 Å². The average molecular weight is 229 g/mol. The molecule has 5 nitrogen and oxygen atoms in total. The second-order valence-corrected chi connectivity index (χ2v) is 5.50. The van der Waals surface area contributed by atoms with Crippen LogP contribution in [0.1, 0.15) is 33.6 Å². The molecule has 5 heteroatoms. The molecule has 2 aliphatic rings. The number of nitrogens with one attached hydrogen (secondary N) is 1. The third-order valence-electron chi connectivity index (χ3n) is 2.89. The number of aliphatic hydroxyl groups is 1. The van der Waals surface area contributed by atoms with Gasteiger partial charge in [-0.1, -0.05) is 0 Å². The van der Waals surface area contributed by atoms with E-state index in [1.165, 1.54) is 0 Å². The van der Waals surface area contributed by atoms with Crippen LogP contribution in [-0.4, -0.2) is 41.2 Å². The molecular formula is C11H19NO4. The molecule has 2 saturated heterocycles. The van der Waals surface area contributed by atoms with Gasteiger partial charge in [0.1, 0.15) is 5.60 Å². The quantitative estimate of drug-likeness (QED) is 0.698. The number of hydrogen-bond donors (Lipinski definition) is 2. The molecule has 2 heterocycles. The van der Waals surface area contributed by atoms with Crippen LogP contribution in [0.25, 0.3) is 0 Å².